The third-order valence-electron chi connectivity index (χ3n) is 2.21. The first-order chi connectivity index (χ1) is 8.56. The number of hydrogen-bond acceptors (Lipinski definition) is 3. The molecule has 1 heterocycles. The molecule has 0 aliphatic heterocycles. The molecule has 2 rings (SSSR count). The Morgan fingerprint density at radius 2 is 2.11 bits per heavy atom. The van der Waals surface area contributed by atoms with Crippen LogP contribution in [0, 0.1) is 0 Å². The molecule has 0 aliphatic rings. The minimum Gasteiger partial charge on any atom is -0.492 e. The number of aromatic nitrogens is 2. The zero-order valence-corrected chi connectivity index (χ0v) is 10.3. The SMILES string of the molecule is Cn1cc(O)nc1NC(=O)Nc1ccccc1Cl. The van der Waals surface area contributed by atoms with E-state index >= 15 is 0 Å². The second kappa shape index (κ2) is 4.97. The molecule has 0 atom stereocenters. The van der Waals surface area contributed by atoms with Crippen LogP contribution in [-0.4, -0.2) is 20.7 Å². The normalized spacial score (nSPS) is 10.1. The van der Waals surface area contributed by atoms with Crippen LogP contribution >= 0.6 is 11.6 Å². The third-order valence-corrected chi connectivity index (χ3v) is 2.54. The van der Waals surface area contributed by atoms with Crippen molar-refractivity contribution in [2.75, 3.05) is 10.6 Å². The van der Waals surface area contributed by atoms with Crippen LogP contribution in [0.3, 0.4) is 0 Å². The van der Waals surface area contributed by atoms with Crippen LogP contribution in [-0.2, 0) is 7.05 Å². The number of imidazole rings is 1. The fourth-order valence-corrected chi connectivity index (χ4v) is 1.57. The minimum atomic E-state index is -0.489. The van der Waals surface area contributed by atoms with Gasteiger partial charge in [-0.25, -0.2) is 4.79 Å². The summed E-state index contributed by atoms with van der Waals surface area (Å²) in [5, 5.41) is 14.7. The first-order valence-electron chi connectivity index (χ1n) is 5.11. The van der Waals surface area contributed by atoms with Gasteiger partial charge in [-0.05, 0) is 12.1 Å². The van der Waals surface area contributed by atoms with Gasteiger partial charge in [-0.2, -0.15) is 4.98 Å². The van der Waals surface area contributed by atoms with Crippen molar-refractivity contribution in [1.82, 2.24) is 9.55 Å². The molecule has 0 aliphatic carbocycles. The maximum atomic E-state index is 11.7. The Bertz CT molecular complexity index is 582. The quantitative estimate of drug-likeness (QED) is 0.781. The summed E-state index contributed by atoms with van der Waals surface area (Å²) in [7, 11) is 1.65. The lowest BCUT2D eigenvalue weighted by molar-refractivity contribution is 0.262. The Hall–Kier alpha value is -2.21. The molecule has 6 nitrogen and oxygen atoms in total. The summed E-state index contributed by atoms with van der Waals surface area (Å²) in [6, 6.07) is 6.38. The maximum absolute atomic E-state index is 11.7. The van der Waals surface area contributed by atoms with Crippen molar-refractivity contribution >= 4 is 29.3 Å². The molecule has 0 fully saturated rings. The highest BCUT2D eigenvalue weighted by molar-refractivity contribution is 6.33. The van der Waals surface area contributed by atoms with Crippen molar-refractivity contribution in [3.05, 3.63) is 35.5 Å². The van der Waals surface area contributed by atoms with Crippen molar-refractivity contribution in [3.63, 3.8) is 0 Å². The number of urea groups is 1. The van der Waals surface area contributed by atoms with Gasteiger partial charge in [-0.1, -0.05) is 23.7 Å². The van der Waals surface area contributed by atoms with E-state index in [0.717, 1.165) is 0 Å². The van der Waals surface area contributed by atoms with Crippen LogP contribution in [0.4, 0.5) is 16.4 Å². The molecular formula is C11H11ClN4O2. The molecule has 1 aromatic carbocycles. The fourth-order valence-electron chi connectivity index (χ4n) is 1.38. The molecule has 0 saturated carbocycles. The molecular weight excluding hydrogens is 256 g/mol. The summed E-state index contributed by atoms with van der Waals surface area (Å²) in [4.78, 5) is 15.4. The van der Waals surface area contributed by atoms with Crippen molar-refractivity contribution in [1.29, 1.82) is 0 Å². The summed E-state index contributed by atoms with van der Waals surface area (Å²) in [6.45, 7) is 0. The second-order valence-corrected chi connectivity index (χ2v) is 4.00. The monoisotopic (exact) mass is 266 g/mol. The summed E-state index contributed by atoms with van der Waals surface area (Å²) >= 11 is 5.90. The molecule has 7 heteroatoms. The molecule has 3 N–H and O–H groups in total. The van der Waals surface area contributed by atoms with E-state index in [1.54, 1.807) is 31.3 Å². The van der Waals surface area contributed by atoms with E-state index in [4.69, 9.17) is 16.7 Å². The highest BCUT2D eigenvalue weighted by Crippen LogP contribution is 2.20. The molecule has 18 heavy (non-hydrogen) atoms. The zero-order valence-electron chi connectivity index (χ0n) is 9.51. The Labute approximate surface area is 108 Å². The summed E-state index contributed by atoms with van der Waals surface area (Å²) in [5.74, 6) is 0.0718. The van der Waals surface area contributed by atoms with Gasteiger partial charge in [0, 0.05) is 7.05 Å². The summed E-state index contributed by atoms with van der Waals surface area (Å²) in [6.07, 6.45) is 1.38. The van der Waals surface area contributed by atoms with Gasteiger partial charge < -0.3 is 15.0 Å². The van der Waals surface area contributed by atoms with Crippen LogP contribution in [0.15, 0.2) is 30.5 Å². The number of aromatic hydroxyl groups is 1. The minimum absolute atomic E-state index is 0.162. The van der Waals surface area contributed by atoms with Crippen LogP contribution in [0.2, 0.25) is 5.02 Å². The largest absolute Gasteiger partial charge is 0.492 e. The number of para-hydroxylation sites is 1. The van der Waals surface area contributed by atoms with Crippen LogP contribution in [0.1, 0.15) is 0 Å². The van der Waals surface area contributed by atoms with Gasteiger partial charge in [0.1, 0.15) is 0 Å². The number of benzene rings is 1. The maximum Gasteiger partial charge on any atom is 0.326 e. The predicted octanol–water partition coefficient (Wildman–Crippen LogP) is 2.42. The Morgan fingerprint density at radius 3 is 2.72 bits per heavy atom. The molecule has 1 aromatic heterocycles. The van der Waals surface area contributed by atoms with E-state index in [0.29, 0.717) is 10.7 Å². The van der Waals surface area contributed by atoms with E-state index in [1.165, 1.54) is 10.8 Å². The number of rotatable bonds is 2. The molecule has 0 saturated heterocycles. The van der Waals surface area contributed by atoms with Crippen molar-refractivity contribution < 1.29 is 9.90 Å². The number of anilines is 2. The van der Waals surface area contributed by atoms with Gasteiger partial charge in [0.05, 0.1) is 16.9 Å². The number of carbonyl (C=O) groups excluding carboxylic acids is 1. The molecule has 2 aromatic rings. The first-order valence-corrected chi connectivity index (χ1v) is 5.49. The lowest BCUT2D eigenvalue weighted by Gasteiger charge is -2.08. The number of nitrogens with zero attached hydrogens (tertiary/aromatic N) is 2. The topological polar surface area (TPSA) is 79.2 Å². The Morgan fingerprint density at radius 1 is 1.39 bits per heavy atom. The van der Waals surface area contributed by atoms with E-state index < -0.39 is 6.03 Å². The zero-order chi connectivity index (χ0) is 13.1. The number of amides is 2. The van der Waals surface area contributed by atoms with Crippen LogP contribution in [0.5, 0.6) is 5.88 Å². The van der Waals surface area contributed by atoms with Gasteiger partial charge in [0.2, 0.25) is 11.8 Å². The lowest BCUT2D eigenvalue weighted by Crippen LogP contribution is -2.21. The number of aryl methyl sites for hydroxylation is 1. The molecule has 0 radical (unpaired) electrons. The highest BCUT2D eigenvalue weighted by atomic mass is 35.5. The Kier molecular flexibility index (Phi) is 3.38. The summed E-state index contributed by atoms with van der Waals surface area (Å²) in [5.41, 5.74) is 0.495. The molecule has 0 unspecified atom stereocenters. The summed E-state index contributed by atoms with van der Waals surface area (Å²) < 4.78 is 1.49. The fraction of sp³-hybridized carbons (Fsp3) is 0.0909. The van der Waals surface area contributed by atoms with Crippen molar-refractivity contribution in [3.8, 4) is 5.88 Å². The smallest absolute Gasteiger partial charge is 0.326 e. The van der Waals surface area contributed by atoms with Crippen molar-refractivity contribution in [2.45, 2.75) is 0 Å². The van der Waals surface area contributed by atoms with Crippen LogP contribution in [0.25, 0.3) is 0 Å². The van der Waals surface area contributed by atoms with Crippen molar-refractivity contribution in [2.24, 2.45) is 7.05 Å². The van der Waals surface area contributed by atoms with Gasteiger partial charge in [0.25, 0.3) is 0 Å². The van der Waals surface area contributed by atoms with E-state index in [9.17, 15) is 4.79 Å². The standard InChI is InChI=1S/C11H11ClN4O2/c1-16-6-9(17)14-10(16)15-11(18)13-8-5-3-2-4-7(8)12/h2-6,17H,1H3,(H2,13,14,15,18). The van der Waals surface area contributed by atoms with Gasteiger partial charge in [-0.15, -0.1) is 0 Å². The van der Waals surface area contributed by atoms with Gasteiger partial charge in [-0.3, -0.25) is 5.32 Å². The molecule has 0 bridgehead atoms. The number of hydrogen-bond donors (Lipinski definition) is 3. The highest BCUT2D eigenvalue weighted by Gasteiger charge is 2.09. The number of halogens is 1. The second-order valence-electron chi connectivity index (χ2n) is 3.59. The van der Waals surface area contributed by atoms with Gasteiger partial charge in [0.15, 0.2) is 0 Å². The Balaban J connectivity index is 2.06. The molecule has 94 valence electrons. The third kappa shape index (κ3) is 2.72. The predicted molar refractivity (Wildman–Crippen MR) is 69.0 cm³/mol. The van der Waals surface area contributed by atoms with Crippen LogP contribution < -0.4 is 10.6 Å². The lowest BCUT2D eigenvalue weighted by atomic mass is 10.3. The molecule has 0 spiro atoms. The molecule has 2 amide bonds. The number of nitrogens with one attached hydrogen (secondary N) is 2. The van der Waals surface area contributed by atoms with E-state index in [1.807, 2.05) is 0 Å². The van der Waals surface area contributed by atoms with E-state index in [-0.39, 0.29) is 11.8 Å². The first kappa shape index (κ1) is 12.3. The van der Waals surface area contributed by atoms with E-state index in [2.05, 4.69) is 15.6 Å². The average Bonchev–Trinajstić information content (AvgIpc) is 2.61. The van der Waals surface area contributed by atoms with Gasteiger partial charge >= 0.3 is 6.03 Å². The number of carbonyl (C=O) groups is 1. The average molecular weight is 267 g/mol.